The average Bonchev–Trinajstić information content (AvgIpc) is 3.16. The summed E-state index contributed by atoms with van der Waals surface area (Å²) in [5, 5.41) is 30.4. The van der Waals surface area contributed by atoms with Crippen LogP contribution in [0.2, 0.25) is 0 Å². The third-order valence-electron chi connectivity index (χ3n) is 4.27. The molecule has 27 heavy (non-hydrogen) atoms. The number of nitrogens with zero attached hydrogens (tertiary/aromatic N) is 4. The Bertz CT molecular complexity index is 969. The molecule has 4 rings (SSSR count). The Balaban J connectivity index is 1.82. The van der Waals surface area contributed by atoms with Crippen LogP contribution in [0.4, 0.5) is 5.82 Å². The molecule has 1 fully saturated rings. The molecule has 4 atom stereocenters. The number of aliphatic hydroxyl groups is 3. The summed E-state index contributed by atoms with van der Waals surface area (Å²) in [6.45, 7) is -0.423. The van der Waals surface area contributed by atoms with Gasteiger partial charge in [0.25, 0.3) is 0 Å². The van der Waals surface area contributed by atoms with E-state index in [2.05, 4.69) is 30.9 Å². The van der Waals surface area contributed by atoms with Crippen molar-refractivity contribution in [1.29, 1.82) is 0 Å². The number of hydrogen-bond acceptors (Lipinski definition) is 9. The van der Waals surface area contributed by atoms with Crippen LogP contribution < -0.4 is 5.73 Å². The summed E-state index contributed by atoms with van der Waals surface area (Å²) < 4.78 is 8.19. The highest BCUT2D eigenvalue weighted by Gasteiger charge is 2.45. The van der Waals surface area contributed by atoms with Gasteiger partial charge in [-0.15, -0.1) is 0 Å². The molecule has 1 aliphatic heterocycles. The van der Waals surface area contributed by atoms with Crippen molar-refractivity contribution in [2.45, 2.75) is 34.6 Å². The van der Waals surface area contributed by atoms with E-state index in [1.165, 1.54) is 18.1 Å². The second-order valence-electron chi connectivity index (χ2n) is 5.98. The number of nitrogens with two attached hydrogens (primary N) is 1. The SMILES string of the molecule is Nc1ncnc2c1nc(Sc1ccc(Br)cc1)n2[C@@H]1O[C@H](CO)[C@@H](O)[C@H]1O. The molecule has 1 aromatic carbocycles. The van der Waals surface area contributed by atoms with Crippen molar-refractivity contribution in [3.8, 4) is 0 Å². The summed E-state index contributed by atoms with van der Waals surface area (Å²) in [6.07, 6.45) is -3.09. The van der Waals surface area contributed by atoms with E-state index >= 15 is 0 Å². The molecule has 0 radical (unpaired) electrons. The van der Waals surface area contributed by atoms with Gasteiger partial charge >= 0.3 is 0 Å². The minimum atomic E-state index is -1.26. The van der Waals surface area contributed by atoms with Crippen LogP contribution in [0.5, 0.6) is 0 Å². The van der Waals surface area contributed by atoms with E-state index in [4.69, 9.17) is 10.5 Å². The molecule has 11 heteroatoms. The molecular formula is C16H16BrN5O4S. The number of aliphatic hydroxyl groups excluding tert-OH is 3. The third kappa shape index (κ3) is 3.30. The molecule has 0 unspecified atom stereocenters. The molecule has 0 spiro atoms. The first-order chi connectivity index (χ1) is 13.0. The van der Waals surface area contributed by atoms with Crippen LogP contribution in [0.1, 0.15) is 6.23 Å². The summed E-state index contributed by atoms with van der Waals surface area (Å²) in [7, 11) is 0. The molecule has 142 valence electrons. The van der Waals surface area contributed by atoms with Gasteiger partial charge in [-0.2, -0.15) is 0 Å². The Morgan fingerprint density at radius 2 is 1.93 bits per heavy atom. The Morgan fingerprint density at radius 3 is 2.59 bits per heavy atom. The highest BCUT2D eigenvalue weighted by atomic mass is 79.9. The first-order valence-electron chi connectivity index (χ1n) is 8.04. The summed E-state index contributed by atoms with van der Waals surface area (Å²) in [5.41, 5.74) is 6.67. The summed E-state index contributed by atoms with van der Waals surface area (Å²) in [6, 6.07) is 7.61. The van der Waals surface area contributed by atoms with Gasteiger partial charge in [0.1, 0.15) is 24.6 Å². The van der Waals surface area contributed by atoms with Gasteiger partial charge in [-0.1, -0.05) is 27.7 Å². The summed E-state index contributed by atoms with van der Waals surface area (Å²) >= 11 is 4.73. The molecular weight excluding hydrogens is 438 g/mol. The number of nitrogen functional groups attached to an aromatic ring is 1. The zero-order valence-corrected chi connectivity index (χ0v) is 16.2. The maximum absolute atomic E-state index is 10.5. The van der Waals surface area contributed by atoms with E-state index in [1.807, 2.05) is 24.3 Å². The molecule has 0 bridgehead atoms. The number of hydrogen-bond donors (Lipinski definition) is 4. The molecule has 3 heterocycles. The van der Waals surface area contributed by atoms with Gasteiger partial charge in [0, 0.05) is 9.37 Å². The van der Waals surface area contributed by atoms with E-state index < -0.39 is 31.1 Å². The molecule has 3 aromatic rings. The number of anilines is 1. The number of benzene rings is 1. The lowest BCUT2D eigenvalue weighted by Gasteiger charge is -2.19. The van der Waals surface area contributed by atoms with Crippen molar-refractivity contribution in [2.24, 2.45) is 0 Å². The average molecular weight is 454 g/mol. The molecule has 1 saturated heterocycles. The van der Waals surface area contributed by atoms with Crippen molar-refractivity contribution in [3.05, 3.63) is 35.1 Å². The van der Waals surface area contributed by atoms with E-state index in [0.717, 1.165) is 9.37 Å². The number of ether oxygens (including phenoxy) is 1. The first kappa shape index (κ1) is 18.6. The van der Waals surface area contributed by atoms with Crippen LogP contribution in [-0.4, -0.2) is 59.8 Å². The zero-order valence-electron chi connectivity index (χ0n) is 13.8. The molecule has 2 aromatic heterocycles. The Hall–Kier alpha value is -1.76. The van der Waals surface area contributed by atoms with E-state index in [9.17, 15) is 15.3 Å². The van der Waals surface area contributed by atoms with Crippen LogP contribution >= 0.6 is 27.7 Å². The highest BCUT2D eigenvalue weighted by Crippen LogP contribution is 2.38. The fourth-order valence-electron chi connectivity index (χ4n) is 2.91. The second kappa shape index (κ2) is 7.34. The molecule has 9 nitrogen and oxygen atoms in total. The van der Waals surface area contributed by atoms with E-state index in [1.54, 1.807) is 4.57 Å². The Labute approximate surface area is 166 Å². The van der Waals surface area contributed by atoms with E-state index in [0.29, 0.717) is 16.3 Å². The minimum absolute atomic E-state index is 0.197. The number of halogens is 1. The predicted octanol–water partition coefficient (Wildman–Crippen LogP) is 0.934. The maximum atomic E-state index is 10.5. The van der Waals surface area contributed by atoms with Gasteiger partial charge < -0.3 is 25.8 Å². The largest absolute Gasteiger partial charge is 0.394 e. The van der Waals surface area contributed by atoms with Crippen LogP contribution in [-0.2, 0) is 4.74 Å². The summed E-state index contributed by atoms with van der Waals surface area (Å²) in [5.74, 6) is 0.197. The van der Waals surface area contributed by atoms with E-state index in [-0.39, 0.29) is 5.82 Å². The lowest BCUT2D eigenvalue weighted by Crippen LogP contribution is -2.33. The van der Waals surface area contributed by atoms with Crippen molar-refractivity contribution in [3.63, 3.8) is 0 Å². The van der Waals surface area contributed by atoms with Gasteiger partial charge in [-0.25, -0.2) is 15.0 Å². The van der Waals surface area contributed by atoms with Crippen molar-refractivity contribution < 1.29 is 20.1 Å². The normalized spacial score (nSPS) is 25.3. The fraction of sp³-hybridized carbons (Fsp3) is 0.312. The van der Waals surface area contributed by atoms with Crippen LogP contribution in [0.25, 0.3) is 11.2 Å². The molecule has 1 aliphatic rings. The quantitative estimate of drug-likeness (QED) is 0.453. The molecule has 5 N–H and O–H groups in total. The number of fused-ring (bicyclic) bond motifs is 1. The van der Waals surface area contributed by atoms with Crippen LogP contribution in [0, 0.1) is 0 Å². The molecule has 0 aliphatic carbocycles. The topological polar surface area (TPSA) is 140 Å². The third-order valence-corrected chi connectivity index (χ3v) is 5.77. The zero-order chi connectivity index (χ0) is 19.1. The standard InChI is InChI=1S/C16H16BrN5O4S/c17-7-1-3-8(4-2-7)27-16-21-10-13(18)19-6-20-14(10)22(16)15-12(25)11(24)9(5-23)26-15/h1-4,6,9,11-12,15,23-25H,5H2,(H2,18,19,20)/t9-,11-,12-,15-/m1/s1. The summed E-state index contributed by atoms with van der Waals surface area (Å²) in [4.78, 5) is 13.6. The monoisotopic (exact) mass is 453 g/mol. The smallest absolute Gasteiger partial charge is 0.177 e. The fourth-order valence-corrected chi connectivity index (χ4v) is 4.08. The number of imidazole rings is 1. The predicted molar refractivity (Wildman–Crippen MR) is 101 cm³/mol. The van der Waals surface area contributed by atoms with Crippen LogP contribution in [0.15, 0.2) is 45.1 Å². The lowest BCUT2D eigenvalue weighted by atomic mass is 10.1. The lowest BCUT2D eigenvalue weighted by molar-refractivity contribution is -0.0548. The maximum Gasteiger partial charge on any atom is 0.177 e. The number of aromatic nitrogens is 4. The highest BCUT2D eigenvalue weighted by molar-refractivity contribution is 9.10. The number of rotatable bonds is 4. The molecule has 0 saturated carbocycles. The first-order valence-corrected chi connectivity index (χ1v) is 9.65. The van der Waals surface area contributed by atoms with Gasteiger partial charge in [0.05, 0.1) is 6.61 Å². The Morgan fingerprint density at radius 1 is 1.19 bits per heavy atom. The minimum Gasteiger partial charge on any atom is -0.394 e. The van der Waals surface area contributed by atoms with Crippen molar-refractivity contribution in [2.75, 3.05) is 12.3 Å². The van der Waals surface area contributed by atoms with Gasteiger partial charge in [-0.05, 0) is 24.3 Å². The van der Waals surface area contributed by atoms with Gasteiger partial charge in [0.2, 0.25) is 0 Å². The van der Waals surface area contributed by atoms with Crippen molar-refractivity contribution in [1.82, 2.24) is 19.5 Å². The van der Waals surface area contributed by atoms with Gasteiger partial charge in [-0.3, -0.25) is 4.57 Å². The molecule has 0 amide bonds. The van der Waals surface area contributed by atoms with Crippen LogP contribution in [0.3, 0.4) is 0 Å². The Kier molecular flexibility index (Phi) is 5.05. The van der Waals surface area contributed by atoms with Gasteiger partial charge in [0.15, 0.2) is 28.4 Å². The van der Waals surface area contributed by atoms with Crippen molar-refractivity contribution >= 4 is 44.7 Å². The second-order valence-corrected chi connectivity index (χ2v) is 7.94.